The second-order valence-corrected chi connectivity index (χ2v) is 5.89. The van der Waals surface area contributed by atoms with Gasteiger partial charge in [0.05, 0.1) is 6.04 Å². The monoisotopic (exact) mass is 404 g/mol. The van der Waals surface area contributed by atoms with Crippen molar-refractivity contribution in [3.05, 3.63) is 0 Å². The summed E-state index contributed by atoms with van der Waals surface area (Å²) in [4.78, 5) is 68.2. The lowest BCUT2D eigenvalue weighted by Crippen LogP contribution is -2.55. The molecule has 13 nitrogen and oxygen atoms in total. The molecular weight excluding hydrogens is 380 g/mol. The standard InChI is InChI=1S/C15H24N4O9/c1-7(16)13(26)18-9(3-5-11(22)23)15(28)19-8(2-4-10(20)21)14(27)17-6-12(24)25/h7-9H,2-6,16H2,1H3,(H,17,27)(H,18,26)(H,19,28)(H,20,21)(H,22,23)(H,24,25). The zero-order valence-electron chi connectivity index (χ0n) is 15.1. The van der Waals surface area contributed by atoms with Crippen molar-refractivity contribution >= 4 is 35.6 Å². The maximum atomic E-state index is 12.4. The Morgan fingerprint density at radius 3 is 1.57 bits per heavy atom. The lowest BCUT2D eigenvalue weighted by Gasteiger charge is -2.23. The van der Waals surface area contributed by atoms with E-state index in [0.29, 0.717) is 0 Å². The van der Waals surface area contributed by atoms with E-state index < -0.39 is 73.1 Å². The van der Waals surface area contributed by atoms with E-state index in [4.69, 9.17) is 21.1 Å². The van der Waals surface area contributed by atoms with E-state index in [1.54, 1.807) is 0 Å². The maximum absolute atomic E-state index is 12.4. The van der Waals surface area contributed by atoms with Crippen LogP contribution >= 0.6 is 0 Å². The topological polar surface area (TPSA) is 225 Å². The second kappa shape index (κ2) is 12.2. The summed E-state index contributed by atoms with van der Waals surface area (Å²) in [5.74, 6) is -6.43. The largest absolute Gasteiger partial charge is 0.481 e. The highest BCUT2D eigenvalue weighted by Gasteiger charge is 2.28. The zero-order valence-corrected chi connectivity index (χ0v) is 15.1. The van der Waals surface area contributed by atoms with Gasteiger partial charge in [0.1, 0.15) is 18.6 Å². The van der Waals surface area contributed by atoms with Crippen LogP contribution in [0.4, 0.5) is 0 Å². The molecule has 0 fully saturated rings. The van der Waals surface area contributed by atoms with E-state index in [1.807, 2.05) is 5.32 Å². The van der Waals surface area contributed by atoms with Crippen LogP contribution in [0, 0.1) is 0 Å². The molecule has 3 amide bonds. The predicted octanol–water partition coefficient (Wildman–Crippen LogP) is -2.77. The molecule has 0 rings (SSSR count). The summed E-state index contributed by atoms with van der Waals surface area (Å²) < 4.78 is 0. The van der Waals surface area contributed by atoms with Gasteiger partial charge in [-0.2, -0.15) is 0 Å². The van der Waals surface area contributed by atoms with Gasteiger partial charge < -0.3 is 37.0 Å². The number of nitrogens with one attached hydrogen (secondary N) is 3. The highest BCUT2D eigenvalue weighted by molar-refractivity contribution is 5.94. The molecular formula is C15H24N4O9. The second-order valence-electron chi connectivity index (χ2n) is 5.89. The van der Waals surface area contributed by atoms with Crippen molar-refractivity contribution in [1.82, 2.24) is 16.0 Å². The van der Waals surface area contributed by atoms with Crippen LogP contribution in [0.3, 0.4) is 0 Å². The maximum Gasteiger partial charge on any atom is 0.322 e. The Morgan fingerprint density at radius 1 is 0.750 bits per heavy atom. The van der Waals surface area contributed by atoms with Crippen LogP contribution in [-0.4, -0.2) is 75.6 Å². The molecule has 0 spiro atoms. The lowest BCUT2D eigenvalue weighted by atomic mass is 10.1. The van der Waals surface area contributed by atoms with Gasteiger partial charge in [-0.1, -0.05) is 0 Å². The van der Waals surface area contributed by atoms with Crippen LogP contribution in [0.2, 0.25) is 0 Å². The molecule has 8 N–H and O–H groups in total. The average Bonchev–Trinajstić information content (AvgIpc) is 2.58. The third-order valence-corrected chi connectivity index (χ3v) is 3.39. The Labute approximate surface area is 159 Å². The Hall–Kier alpha value is -3.22. The molecule has 158 valence electrons. The van der Waals surface area contributed by atoms with Gasteiger partial charge in [0.2, 0.25) is 17.7 Å². The molecule has 0 heterocycles. The van der Waals surface area contributed by atoms with Crippen molar-refractivity contribution in [3.8, 4) is 0 Å². The Balaban J connectivity index is 5.24. The van der Waals surface area contributed by atoms with Crippen LogP contribution in [0.25, 0.3) is 0 Å². The number of carbonyl (C=O) groups is 6. The van der Waals surface area contributed by atoms with Crippen molar-refractivity contribution in [2.24, 2.45) is 5.73 Å². The summed E-state index contributed by atoms with van der Waals surface area (Å²) >= 11 is 0. The Bertz CT molecular complexity index is 621. The van der Waals surface area contributed by atoms with Crippen molar-refractivity contribution in [1.29, 1.82) is 0 Å². The normalized spacial score (nSPS) is 13.5. The van der Waals surface area contributed by atoms with Gasteiger partial charge in [-0.05, 0) is 19.8 Å². The molecule has 0 aromatic carbocycles. The number of carboxylic acids is 3. The molecule has 0 bridgehead atoms. The molecule has 0 aromatic rings. The van der Waals surface area contributed by atoms with Gasteiger partial charge >= 0.3 is 17.9 Å². The lowest BCUT2D eigenvalue weighted by molar-refractivity contribution is -0.140. The number of amides is 3. The molecule has 28 heavy (non-hydrogen) atoms. The quantitative estimate of drug-likeness (QED) is 0.167. The molecule has 0 aliphatic rings. The van der Waals surface area contributed by atoms with Gasteiger partial charge in [0.25, 0.3) is 0 Å². The third-order valence-electron chi connectivity index (χ3n) is 3.39. The van der Waals surface area contributed by atoms with E-state index in [-0.39, 0.29) is 12.8 Å². The number of nitrogens with two attached hydrogens (primary N) is 1. The third kappa shape index (κ3) is 10.7. The van der Waals surface area contributed by atoms with E-state index in [2.05, 4.69) is 10.6 Å². The highest BCUT2D eigenvalue weighted by Crippen LogP contribution is 2.03. The summed E-state index contributed by atoms with van der Waals surface area (Å²) in [6.07, 6.45) is -1.62. The summed E-state index contributed by atoms with van der Waals surface area (Å²) in [5, 5.41) is 32.6. The first-order chi connectivity index (χ1) is 12.9. The van der Waals surface area contributed by atoms with E-state index >= 15 is 0 Å². The van der Waals surface area contributed by atoms with Gasteiger partial charge in [0.15, 0.2) is 0 Å². The van der Waals surface area contributed by atoms with Crippen LogP contribution in [0.1, 0.15) is 32.6 Å². The number of aliphatic carboxylic acids is 3. The molecule has 0 saturated heterocycles. The molecule has 0 saturated carbocycles. The predicted molar refractivity (Wildman–Crippen MR) is 91.9 cm³/mol. The fourth-order valence-corrected chi connectivity index (χ4v) is 1.93. The van der Waals surface area contributed by atoms with E-state index in [0.717, 1.165) is 0 Å². The van der Waals surface area contributed by atoms with Crippen molar-refractivity contribution in [2.75, 3.05) is 6.54 Å². The smallest absolute Gasteiger partial charge is 0.322 e. The average molecular weight is 404 g/mol. The SMILES string of the molecule is CC(N)C(=O)NC(CCC(=O)O)C(=O)NC(CCC(=O)O)C(=O)NCC(=O)O. The van der Waals surface area contributed by atoms with Crippen molar-refractivity contribution in [3.63, 3.8) is 0 Å². The molecule has 3 atom stereocenters. The Morgan fingerprint density at radius 2 is 1.18 bits per heavy atom. The van der Waals surface area contributed by atoms with Gasteiger partial charge in [-0.15, -0.1) is 0 Å². The zero-order chi connectivity index (χ0) is 21.9. The first-order valence-corrected chi connectivity index (χ1v) is 8.23. The van der Waals surface area contributed by atoms with Gasteiger partial charge in [0, 0.05) is 12.8 Å². The first-order valence-electron chi connectivity index (χ1n) is 8.23. The minimum Gasteiger partial charge on any atom is -0.481 e. The van der Waals surface area contributed by atoms with E-state index in [1.165, 1.54) is 6.92 Å². The van der Waals surface area contributed by atoms with Crippen molar-refractivity contribution in [2.45, 2.75) is 50.7 Å². The first kappa shape index (κ1) is 24.8. The minimum atomic E-state index is -1.40. The number of carboxylic acid groups (broad SMARTS) is 3. The van der Waals surface area contributed by atoms with Crippen LogP contribution in [0.15, 0.2) is 0 Å². The molecule has 0 aliphatic carbocycles. The molecule has 3 unspecified atom stereocenters. The van der Waals surface area contributed by atoms with Crippen LogP contribution in [0.5, 0.6) is 0 Å². The van der Waals surface area contributed by atoms with Gasteiger partial charge in [-0.3, -0.25) is 28.8 Å². The molecule has 0 aliphatic heterocycles. The summed E-state index contributed by atoms with van der Waals surface area (Å²) in [6.45, 7) is 0.596. The van der Waals surface area contributed by atoms with Crippen LogP contribution < -0.4 is 21.7 Å². The highest BCUT2D eigenvalue weighted by atomic mass is 16.4. The fraction of sp³-hybridized carbons (Fsp3) is 0.600. The summed E-state index contributed by atoms with van der Waals surface area (Å²) in [6, 6.07) is -3.72. The van der Waals surface area contributed by atoms with Crippen LogP contribution in [-0.2, 0) is 28.8 Å². The molecule has 0 radical (unpaired) electrons. The fourth-order valence-electron chi connectivity index (χ4n) is 1.93. The Kier molecular flexibility index (Phi) is 10.8. The van der Waals surface area contributed by atoms with Gasteiger partial charge in [-0.25, -0.2) is 0 Å². The number of hydrogen-bond acceptors (Lipinski definition) is 7. The number of carbonyl (C=O) groups excluding carboxylic acids is 3. The minimum absolute atomic E-state index is 0.304. The van der Waals surface area contributed by atoms with Crippen molar-refractivity contribution < 1.29 is 44.1 Å². The summed E-state index contributed by atoms with van der Waals surface area (Å²) in [5.41, 5.74) is 5.39. The number of hydrogen-bond donors (Lipinski definition) is 7. The van der Waals surface area contributed by atoms with E-state index in [9.17, 15) is 28.8 Å². The summed E-state index contributed by atoms with van der Waals surface area (Å²) in [7, 11) is 0. The molecule has 13 heteroatoms. The number of rotatable bonds is 13. The molecule has 0 aromatic heterocycles.